The monoisotopic (exact) mass is 940 g/mol. The van der Waals surface area contributed by atoms with Gasteiger partial charge < -0.3 is 29.6 Å². The summed E-state index contributed by atoms with van der Waals surface area (Å²) in [5, 5.41) is 24.5. The SMILES string of the molecule is Cc1cc(C(=O)Nc2ccc3c(c2)C=C(S(=O)(=O)[O-])/C(=N\Nc2ccccc2C(=O)[O-])C3=O)ccc1N/N=C1/C(=O)c2ccc(NC(=O)c3ccccc3)cc2C=C1S(=O)(=O)[O-].[Na+].[Na+].[Na+]. The molecule has 4 N–H and O–H groups in total. The van der Waals surface area contributed by atoms with Crippen molar-refractivity contribution in [2.75, 3.05) is 21.5 Å². The van der Waals surface area contributed by atoms with E-state index in [1.807, 2.05) is 0 Å². The maximum atomic E-state index is 13.5. The molecule has 0 saturated carbocycles. The number of hydrazone groups is 2. The number of ketones is 2. The number of benzene rings is 5. The molecule has 2 aliphatic rings. The van der Waals surface area contributed by atoms with Gasteiger partial charge in [-0.1, -0.05) is 36.4 Å². The molecule has 2 aliphatic carbocycles. The molecule has 18 nitrogen and oxygen atoms in total. The van der Waals surface area contributed by atoms with E-state index in [0.717, 1.165) is 12.2 Å². The van der Waals surface area contributed by atoms with Crippen molar-refractivity contribution in [2.24, 2.45) is 10.2 Å². The fourth-order valence-electron chi connectivity index (χ4n) is 6.34. The molecule has 0 fully saturated rings. The second-order valence-electron chi connectivity index (χ2n) is 13.5. The molecule has 0 bridgehead atoms. The van der Waals surface area contributed by atoms with E-state index in [9.17, 15) is 55.0 Å². The third-order valence-corrected chi connectivity index (χ3v) is 11.1. The number of aryl methyl sites for hydroxylation is 1. The minimum atomic E-state index is -5.31. The minimum absolute atomic E-state index is 0. The van der Waals surface area contributed by atoms with Gasteiger partial charge in [-0.15, -0.1) is 0 Å². The van der Waals surface area contributed by atoms with Crippen molar-refractivity contribution in [1.29, 1.82) is 0 Å². The molecule has 5 aromatic carbocycles. The molecule has 0 aromatic heterocycles. The van der Waals surface area contributed by atoms with Crippen LogP contribution in [0.1, 0.15) is 68.5 Å². The maximum absolute atomic E-state index is 13.5. The van der Waals surface area contributed by atoms with Gasteiger partial charge in [0, 0.05) is 39.2 Å². The second kappa shape index (κ2) is 21.6. The number of para-hydroxylation sites is 1. The van der Waals surface area contributed by atoms with Crippen LogP contribution in [0.2, 0.25) is 0 Å². The number of carboxylic acids is 1. The number of hydrogen-bond donors (Lipinski definition) is 4. The molecular formula is C42H27N6Na3O12S2. The van der Waals surface area contributed by atoms with E-state index in [1.54, 1.807) is 37.3 Å². The van der Waals surface area contributed by atoms with Crippen molar-refractivity contribution in [3.05, 3.63) is 164 Å². The molecule has 0 aliphatic heterocycles. The van der Waals surface area contributed by atoms with E-state index in [4.69, 9.17) is 0 Å². The average molecular weight is 941 g/mol. The quantitative estimate of drug-likeness (QED) is 0.0548. The van der Waals surface area contributed by atoms with Gasteiger partial charge in [0.15, 0.2) is 0 Å². The standard InChI is InChI=1S/C42H30N6O12S2.3Na/c1-22-17-24(41(52)44-28-13-15-30-26(19-28)21-35(62(58,59)60)37(39(30)50)48-46-33-10-6-5-9-31(33)42(53)54)11-16-32(22)45-47-36-34(61(55,56)57)20-25-18-27(12-14-29(25)38(36)49)43-40(51)23-7-3-2-4-8-23;;;/h2-21,45-46H,1H3,(H,43,51)(H,44,52)(H,53,54)(H,55,56,57)(H,58,59,60);;;/q;3*+1/p-3/b47-36+,48-37+;;;. The fourth-order valence-corrected chi connectivity index (χ4v) is 7.63. The first kappa shape index (κ1) is 52.7. The van der Waals surface area contributed by atoms with Crippen LogP contribution in [-0.4, -0.2) is 66.7 Å². The second-order valence-corrected chi connectivity index (χ2v) is 16.2. The number of nitrogens with zero attached hydrogens (tertiary/aromatic N) is 2. The van der Waals surface area contributed by atoms with E-state index in [1.165, 1.54) is 78.9 Å². The van der Waals surface area contributed by atoms with Crippen molar-refractivity contribution in [3.8, 4) is 0 Å². The number of aromatic carboxylic acids is 1. The molecule has 0 saturated heterocycles. The summed E-state index contributed by atoms with van der Waals surface area (Å²) in [5.74, 6) is -4.58. The number of anilines is 4. The van der Waals surface area contributed by atoms with Gasteiger partial charge in [-0.3, -0.25) is 30.0 Å². The number of carboxylic acid groups (broad SMARTS) is 1. The predicted molar refractivity (Wildman–Crippen MR) is 223 cm³/mol. The summed E-state index contributed by atoms with van der Waals surface area (Å²) < 4.78 is 73.7. The van der Waals surface area contributed by atoms with Crippen molar-refractivity contribution < 1.29 is 144 Å². The third-order valence-electron chi connectivity index (χ3n) is 9.36. The number of rotatable bonds is 11. The van der Waals surface area contributed by atoms with Gasteiger partial charge in [0.2, 0.25) is 11.6 Å². The zero-order chi connectivity index (χ0) is 44.5. The van der Waals surface area contributed by atoms with Gasteiger partial charge in [-0.25, -0.2) is 16.8 Å². The van der Waals surface area contributed by atoms with E-state index < -0.39 is 70.8 Å². The van der Waals surface area contributed by atoms with Gasteiger partial charge in [0.25, 0.3) is 11.8 Å². The first-order valence-electron chi connectivity index (χ1n) is 17.9. The van der Waals surface area contributed by atoms with Crippen molar-refractivity contribution >= 4 is 95.9 Å². The maximum Gasteiger partial charge on any atom is 1.00 e. The summed E-state index contributed by atoms with van der Waals surface area (Å²) in [7, 11) is -10.6. The van der Waals surface area contributed by atoms with Crippen LogP contribution in [0.25, 0.3) is 12.2 Å². The Morgan fingerprint density at radius 1 is 0.554 bits per heavy atom. The molecule has 312 valence electrons. The normalized spacial score (nSPS) is 14.2. The van der Waals surface area contributed by atoms with Crippen LogP contribution in [0.5, 0.6) is 0 Å². The number of carbonyl (C=O) groups excluding carboxylic acids is 5. The Labute approximate surface area is 437 Å². The van der Waals surface area contributed by atoms with Crippen LogP contribution >= 0.6 is 0 Å². The van der Waals surface area contributed by atoms with Crippen LogP contribution < -0.4 is 115 Å². The molecule has 7 rings (SSSR count). The van der Waals surface area contributed by atoms with Crippen LogP contribution in [0.15, 0.2) is 129 Å². The molecule has 65 heavy (non-hydrogen) atoms. The Morgan fingerprint density at radius 2 is 1.02 bits per heavy atom. The number of carbonyl (C=O) groups is 5. The van der Waals surface area contributed by atoms with E-state index in [-0.39, 0.29) is 145 Å². The summed E-state index contributed by atoms with van der Waals surface area (Å²) in [6.07, 6.45) is 1.88. The van der Waals surface area contributed by atoms with Crippen LogP contribution in [-0.2, 0) is 20.2 Å². The number of allylic oxidation sites excluding steroid dienone is 2. The molecular weight excluding hydrogens is 914 g/mol. The van der Waals surface area contributed by atoms with E-state index >= 15 is 0 Å². The Bertz CT molecular complexity index is 3160. The van der Waals surface area contributed by atoms with Crippen molar-refractivity contribution in [2.45, 2.75) is 6.92 Å². The summed E-state index contributed by atoms with van der Waals surface area (Å²) in [6, 6.07) is 25.7. The summed E-state index contributed by atoms with van der Waals surface area (Å²) in [6.45, 7) is 1.56. The van der Waals surface area contributed by atoms with E-state index in [2.05, 4.69) is 31.7 Å². The van der Waals surface area contributed by atoms with Gasteiger partial charge in [0.05, 0.1) is 27.2 Å². The fraction of sp³-hybridized carbons (Fsp3) is 0.0238. The van der Waals surface area contributed by atoms with Gasteiger partial charge in [0.1, 0.15) is 31.7 Å². The molecule has 0 atom stereocenters. The van der Waals surface area contributed by atoms with Crippen LogP contribution in [0.3, 0.4) is 0 Å². The molecule has 5 aromatic rings. The van der Waals surface area contributed by atoms with Crippen molar-refractivity contribution in [1.82, 2.24) is 0 Å². The minimum Gasteiger partial charge on any atom is -0.744 e. The largest absolute Gasteiger partial charge is 1.00 e. The Balaban J connectivity index is 0.00000308. The number of fused-ring (bicyclic) bond motifs is 2. The van der Waals surface area contributed by atoms with Gasteiger partial charge in [-0.2, -0.15) is 10.2 Å². The number of nitrogens with one attached hydrogen (secondary N) is 4. The zero-order valence-corrected chi connectivity index (χ0v) is 42.3. The molecule has 0 radical (unpaired) electrons. The third kappa shape index (κ3) is 11.9. The Kier molecular flexibility index (Phi) is 17.5. The van der Waals surface area contributed by atoms with Crippen LogP contribution in [0, 0.1) is 6.92 Å². The van der Waals surface area contributed by atoms with E-state index in [0.29, 0.717) is 11.1 Å². The van der Waals surface area contributed by atoms with Crippen molar-refractivity contribution in [3.63, 3.8) is 0 Å². The first-order chi connectivity index (χ1) is 29.4. The summed E-state index contributed by atoms with van der Waals surface area (Å²) >= 11 is 0. The molecule has 2 amide bonds. The summed E-state index contributed by atoms with van der Waals surface area (Å²) in [4.78, 5) is 62.4. The molecule has 0 unspecified atom stereocenters. The zero-order valence-electron chi connectivity index (χ0n) is 34.7. The molecule has 23 heteroatoms. The van der Waals surface area contributed by atoms with Gasteiger partial charge in [-0.05, 0) is 109 Å². The first-order valence-corrected chi connectivity index (χ1v) is 20.7. The number of hydrogen-bond acceptors (Lipinski definition) is 16. The topological polar surface area (TPSA) is 296 Å². The number of amides is 2. The number of Topliss-reactive ketones (excluding diaryl/α,β-unsaturated/α-hetero) is 2. The Hall–Kier alpha value is -4.91. The predicted octanol–water partition coefficient (Wildman–Crippen LogP) is -5.02. The van der Waals surface area contributed by atoms with Crippen LogP contribution in [0.4, 0.5) is 22.7 Å². The summed E-state index contributed by atoms with van der Waals surface area (Å²) in [5.41, 5.74) is 4.21. The molecule has 0 heterocycles. The van der Waals surface area contributed by atoms with Gasteiger partial charge >= 0.3 is 88.7 Å². The smallest absolute Gasteiger partial charge is 0.744 e. The molecule has 0 spiro atoms. The Morgan fingerprint density at radius 3 is 1.49 bits per heavy atom. The average Bonchev–Trinajstić information content (AvgIpc) is 3.22.